The maximum Gasteiger partial charge on any atom is 0.192 e. The predicted octanol–water partition coefficient (Wildman–Crippen LogP) is -0.216. The van der Waals surface area contributed by atoms with E-state index in [2.05, 4.69) is 11.2 Å². The maximum absolute atomic E-state index is 5.58. The van der Waals surface area contributed by atoms with Gasteiger partial charge < -0.3 is 4.23 Å². The molecule has 1 nitrogen and oxygen atoms in total. The van der Waals surface area contributed by atoms with Gasteiger partial charge in [0.1, 0.15) is 0 Å². The van der Waals surface area contributed by atoms with Crippen LogP contribution in [0.2, 0.25) is 0 Å². The number of rotatable bonds is 3. The normalized spacial score (nSPS) is 13.7. The molecular weight excluding hydrogens is 165 g/mol. The van der Waals surface area contributed by atoms with Crippen molar-refractivity contribution in [1.29, 1.82) is 0 Å². The zero-order valence-corrected chi connectivity index (χ0v) is 8.66. The molecule has 0 aromatic rings. The summed E-state index contributed by atoms with van der Waals surface area (Å²) in [7, 11) is -0.873. The minimum absolute atomic E-state index is 0.437. The fourth-order valence-corrected chi connectivity index (χ4v) is 4.11. The van der Waals surface area contributed by atoms with Crippen LogP contribution in [-0.4, -0.2) is 28.8 Å². The third-order valence-electron chi connectivity index (χ3n) is 0.785. The summed E-state index contributed by atoms with van der Waals surface area (Å²) in [6.45, 7) is 3.14. The van der Waals surface area contributed by atoms with Gasteiger partial charge in [0.15, 0.2) is 18.0 Å². The van der Waals surface area contributed by atoms with Gasteiger partial charge in [-0.05, 0) is 6.54 Å². The Morgan fingerprint density at radius 1 is 1.43 bits per heavy atom. The SMILES string of the molecule is CCN([SiH2]Cl)[SiH2]Cl. The second-order valence-electron chi connectivity index (χ2n) is 1.23. The second kappa shape index (κ2) is 5.12. The summed E-state index contributed by atoms with van der Waals surface area (Å²) in [6, 6.07) is 0. The van der Waals surface area contributed by atoms with Gasteiger partial charge >= 0.3 is 0 Å². The Labute approximate surface area is 58.2 Å². The van der Waals surface area contributed by atoms with Crippen LogP contribution < -0.4 is 0 Å². The first-order valence-electron chi connectivity index (χ1n) is 2.19. The van der Waals surface area contributed by atoms with E-state index < -0.39 is 18.0 Å². The monoisotopic (exact) mass is 173 g/mol. The van der Waals surface area contributed by atoms with E-state index >= 15 is 0 Å². The van der Waals surface area contributed by atoms with Crippen molar-refractivity contribution in [3.05, 3.63) is 0 Å². The molecule has 7 heavy (non-hydrogen) atoms. The lowest BCUT2D eigenvalue weighted by Crippen LogP contribution is -2.25. The Hall–Kier alpha value is 0.974. The molecule has 0 aromatic heterocycles. The van der Waals surface area contributed by atoms with Gasteiger partial charge in [-0.1, -0.05) is 6.92 Å². The summed E-state index contributed by atoms with van der Waals surface area (Å²) < 4.78 is 2.18. The molecule has 0 saturated heterocycles. The van der Waals surface area contributed by atoms with E-state index in [1.54, 1.807) is 0 Å². The van der Waals surface area contributed by atoms with Crippen molar-refractivity contribution in [2.45, 2.75) is 6.92 Å². The van der Waals surface area contributed by atoms with Crippen molar-refractivity contribution in [3.63, 3.8) is 0 Å². The molecule has 5 heteroatoms. The zero-order valence-electron chi connectivity index (χ0n) is 4.32. The van der Waals surface area contributed by atoms with Crippen molar-refractivity contribution >= 4 is 40.1 Å². The molecule has 0 bridgehead atoms. The molecule has 0 aliphatic heterocycles. The molecule has 0 aliphatic rings. The number of hydrogen-bond acceptors (Lipinski definition) is 1. The van der Waals surface area contributed by atoms with Gasteiger partial charge in [-0.3, -0.25) is 0 Å². The van der Waals surface area contributed by atoms with E-state index in [4.69, 9.17) is 22.2 Å². The number of halogens is 2. The van der Waals surface area contributed by atoms with Gasteiger partial charge in [-0.2, -0.15) is 22.2 Å². The summed E-state index contributed by atoms with van der Waals surface area (Å²) in [4.78, 5) is 0. The van der Waals surface area contributed by atoms with E-state index in [9.17, 15) is 0 Å². The molecule has 0 heterocycles. The van der Waals surface area contributed by atoms with Crippen LogP contribution >= 0.6 is 22.2 Å². The number of hydrogen-bond donors (Lipinski definition) is 0. The van der Waals surface area contributed by atoms with Gasteiger partial charge in [0, 0.05) is 0 Å². The minimum Gasteiger partial charge on any atom is -0.331 e. The Morgan fingerprint density at radius 3 is 1.86 bits per heavy atom. The van der Waals surface area contributed by atoms with Crippen LogP contribution in [0.1, 0.15) is 6.92 Å². The zero-order chi connectivity index (χ0) is 5.70. The van der Waals surface area contributed by atoms with Crippen LogP contribution in [0.5, 0.6) is 0 Å². The lowest BCUT2D eigenvalue weighted by Gasteiger charge is -2.09. The topological polar surface area (TPSA) is 3.24 Å². The second-order valence-corrected chi connectivity index (χ2v) is 5.82. The van der Waals surface area contributed by atoms with Crippen molar-refractivity contribution in [3.8, 4) is 0 Å². The first-order chi connectivity index (χ1) is 3.35. The highest BCUT2D eigenvalue weighted by atomic mass is 35.6. The van der Waals surface area contributed by atoms with Gasteiger partial charge in [-0.15, -0.1) is 0 Å². The fourth-order valence-electron chi connectivity index (χ4n) is 0.201. The first-order valence-corrected chi connectivity index (χ1v) is 7.73. The van der Waals surface area contributed by atoms with Crippen LogP contribution in [-0.2, 0) is 0 Å². The summed E-state index contributed by atoms with van der Waals surface area (Å²) >= 11 is 11.2. The fraction of sp³-hybridized carbons (Fsp3) is 1.00. The third kappa shape index (κ3) is 3.55. The Kier molecular flexibility index (Phi) is 5.83. The molecular formula is C2H9Cl2NSi2. The van der Waals surface area contributed by atoms with Crippen LogP contribution in [0.3, 0.4) is 0 Å². The number of nitrogens with zero attached hydrogens (tertiary/aromatic N) is 1. The van der Waals surface area contributed by atoms with E-state index in [1.165, 1.54) is 0 Å². The minimum atomic E-state index is -0.437. The third-order valence-corrected chi connectivity index (χ3v) is 7.43. The Bertz CT molecular complexity index is 35.2. The highest BCUT2D eigenvalue weighted by molar-refractivity contribution is 7.02. The van der Waals surface area contributed by atoms with Crippen molar-refractivity contribution in [1.82, 2.24) is 4.23 Å². The molecule has 0 atom stereocenters. The molecule has 0 amide bonds. The quantitative estimate of drug-likeness (QED) is 0.422. The molecule has 0 radical (unpaired) electrons. The average Bonchev–Trinajstić information content (AvgIpc) is 1.72. The van der Waals surface area contributed by atoms with E-state index in [-0.39, 0.29) is 0 Å². The molecule has 0 N–H and O–H groups in total. The maximum atomic E-state index is 5.58. The van der Waals surface area contributed by atoms with Crippen molar-refractivity contribution in [2.75, 3.05) is 6.54 Å². The smallest absolute Gasteiger partial charge is 0.192 e. The molecule has 0 spiro atoms. The Balaban J connectivity index is 2.99. The van der Waals surface area contributed by atoms with E-state index in [0.717, 1.165) is 6.54 Å². The lowest BCUT2D eigenvalue weighted by atomic mass is 10.8. The molecule has 0 saturated carbocycles. The highest BCUT2D eigenvalue weighted by Gasteiger charge is 1.94. The van der Waals surface area contributed by atoms with Gasteiger partial charge in [-0.25, -0.2) is 0 Å². The van der Waals surface area contributed by atoms with Crippen LogP contribution in [0.15, 0.2) is 0 Å². The van der Waals surface area contributed by atoms with Gasteiger partial charge in [0.05, 0.1) is 0 Å². The summed E-state index contributed by atoms with van der Waals surface area (Å²) in [5.74, 6) is 0. The molecule has 0 aliphatic carbocycles. The van der Waals surface area contributed by atoms with Crippen LogP contribution in [0.25, 0.3) is 0 Å². The van der Waals surface area contributed by atoms with Gasteiger partial charge in [0.25, 0.3) is 0 Å². The van der Waals surface area contributed by atoms with Crippen molar-refractivity contribution in [2.24, 2.45) is 0 Å². The van der Waals surface area contributed by atoms with E-state index in [1.807, 2.05) is 0 Å². The molecule has 0 rings (SSSR count). The molecule has 0 unspecified atom stereocenters. The summed E-state index contributed by atoms with van der Waals surface area (Å²) in [6.07, 6.45) is 0. The molecule has 0 fully saturated rings. The standard InChI is InChI=1S/C2H9Cl2NSi2/c1-2-5(6-3)7-4/h2,6-7H2,1H3. The molecule has 0 aromatic carbocycles. The predicted molar refractivity (Wildman–Crippen MR) is 41.2 cm³/mol. The van der Waals surface area contributed by atoms with Crippen LogP contribution in [0.4, 0.5) is 0 Å². The average molecular weight is 174 g/mol. The van der Waals surface area contributed by atoms with Gasteiger partial charge in [0.2, 0.25) is 0 Å². The van der Waals surface area contributed by atoms with Crippen LogP contribution in [0, 0.1) is 0 Å². The summed E-state index contributed by atoms with van der Waals surface area (Å²) in [5.41, 5.74) is 0. The first kappa shape index (κ1) is 7.97. The van der Waals surface area contributed by atoms with Crippen molar-refractivity contribution < 1.29 is 0 Å². The Morgan fingerprint density at radius 2 is 1.86 bits per heavy atom. The lowest BCUT2D eigenvalue weighted by molar-refractivity contribution is 0.736. The summed E-state index contributed by atoms with van der Waals surface area (Å²) in [5, 5.41) is 0. The van der Waals surface area contributed by atoms with E-state index in [0.29, 0.717) is 0 Å². The largest absolute Gasteiger partial charge is 0.331 e. The molecule has 44 valence electrons. The highest BCUT2D eigenvalue weighted by Crippen LogP contribution is 1.85.